The number of carbonyl (C=O) groups is 1. The van der Waals surface area contributed by atoms with Gasteiger partial charge in [-0.3, -0.25) is 4.79 Å². The third-order valence-electron chi connectivity index (χ3n) is 9.91. The number of epoxide rings is 1. The van der Waals surface area contributed by atoms with Crippen molar-refractivity contribution in [3.8, 4) is 12.3 Å². The fourth-order valence-corrected chi connectivity index (χ4v) is 7.32. The van der Waals surface area contributed by atoms with E-state index in [0.717, 1.165) is 16.7 Å². The van der Waals surface area contributed by atoms with E-state index in [1.54, 1.807) is 6.92 Å². The van der Waals surface area contributed by atoms with Crippen molar-refractivity contribution in [2.45, 2.75) is 123 Å². The number of ether oxygens (including phenoxy) is 1. The lowest BCUT2D eigenvalue weighted by Gasteiger charge is -2.42. The van der Waals surface area contributed by atoms with Gasteiger partial charge in [-0.1, -0.05) is 91.7 Å². The maximum atomic E-state index is 13.1. The monoisotopic (exact) mass is 626 g/mol. The molecule has 0 spiro atoms. The number of hydrogen-bond acceptors (Lipinski definition) is 5. The van der Waals surface area contributed by atoms with Crippen molar-refractivity contribution < 1.29 is 24.9 Å². The first-order valence-corrected chi connectivity index (χ1v) is 16.3. The van der Waals surface area contributed by atoms with E-state index in [-0.39, 0.29) is 23.7 Å². The highest BCUT2D eigenvalue weighted by molar-refractivity contribution is 5.96. The molecule has 46 heavy (non-hydrogen) atoms. The Morgan fingerprint density at radius 2 is 1.37 bits per heavy atom. The summed E-state index contributed by atoms with van der Waals surface area (Å²) in [4.78, 5) is 13.1. The summed E-state index contributed by atoms with van der Waals surface area (Å²) in [5.41, 5.74) is 4.50. The van der Waals surface area contributed by atoms with E-state index in [1.165, 1.54) is 0 Å². The van der Waals surface area contributed by atoms with Gasteiger partial charge in [0.2, 0.25) is 0 Å². The van der Waals surface area contributed by atoms with E-state index in [0.29, 0.717) is 36.8 Å². The van der Waals surface area contributed by atoms with Gasteiger partial charge in [0.15, 0.2) is 5.78 Å². The number of aliphatic hydroxyl groups excluding tert-OH is 2. The van der Waals surface area contributed by atoms with Crippen LogP contribution in [0.2, 0.25) is 0 Å². The fourth-order valence-electron chi connectivity index (χ4n) is 7.32. The predicted octanol–water partition coefficient (Wildman–Crippen LogP) is 7.73. The van der Waals surface area contributed by atoms with E-state index < -0.39 is 28.3 Å². The Morgan fingerprint density at radius 1 is 0.826 bits per heavy atom. The second-order valence-electron chi connectivity index (χ2n) is 14.9. The topological polar surface area (TPSA) is 90.3 Å². The zero-order chi connectivity index (χ0) is 34.6. The zero-order valence-corrected chi connectivity index (χ0v) is 29.3. The Kier molecular flexibility index (Phi) is 11.5. The largest absolute Gasteiger partial charge is 0.393 e. The summed E-state index contributed by atoms with van der Waals surface area (Å²) >= 11 is 0. The van der Waals surface area contributed by atoms with Gasteiger partial charge in [-0.05, 0) is 83.9 Å². The molecule has 5 heteroatoms. The summed E-state index contributed by atoms with van der Waals surface area (Å²) < 4.78 is 6.18. The Balaban J connectivity index is 1.55. The molecule has 0 aromatic rings. The lowest BCUT2D eigenvalue weighted by atomic mass is 9.61. The summed E-state index contributed by atoms with van der Waals surface area (Å²) in [5.74, 6) is 2.83. The number of fused-ring (bicyclic) bond motifs is 1. The quantitative estimate of drug-likeness (QED) is 0.0759. The molecule has 1 aliphatic heterocycles. The number of allylic oxidation sites excluding steroid dienone is 14. The predicted molar refractivity (Wildman–Crippen MR) is 188 cm³/mol. The number of carbonyl (C=O) groups excluding carboxylic acids is 1. The van der Waals surface area contributed by atoms with Crippen molar-refractivity contribution in [3.05, 3.63) is 100 Å². The highest BCUT2D eigenvalue weighted by Gasteiger charge is 2.76. The van der Waals surface area contributed by atoms with Gasteiger partial charge in [0, 0.05) is 24.8 Å². The van der Waals surface area contributed by atoms with Crippen molar-refractivity contribution in [1.29, 1.82) is 0 Å². The second-order valence-corrected chi connectivity index (χ2v) is 14.9. The molecule has 0 radical (unpaired) electrons. The van der Waals surface area contributed by atoms with Gasteiger partial charge in [-0.25, -0.2) is 0 Å². The van der Waals surface area contributed by atoms with Crippen LogP contribution in [0.3, 0.4) is 0 Å². The van der Waals surface area contributed by atoms with Gasteiger partial charge >= 0.3 is 0 Å². The molecule has 1 heterocycles. The molecule has 0 aromatic heterocycles. The minimum atomic E-state index is -1.21. The Labute approximate surface area is 277 Å². The number of aliphatic hydroxyl groups is 3. The van der Waals surface area contributed by atoms with E-state index in [4.69, 9.17) is 11.2 Å². The summed E-state index contributed by atoms with van der Waals surface area (Å²) in [6, 6.07) is 0. The summed E-state index contributed by atoms with van der Waals surface area (Å²) in [6.45, 7) is 17.6. The minimum absolute atomic E-state index is 0.0797. The molecule has 3 aliphatic rings. The molecule has 4 unspecified atom stereocenters. The second kappa shape index (κ2) is 14.3. The van der Waals surface area contributed by atoms with Gasteiger partial charge in [0.1, 0.15) is 5.60 Å². The van der Waals surface area contributed by atoms with E-state index in [9.17, 15) is 20.1 Å². The van der Waals surface area contributed by atoms with E-state index in [2.05, 4.69) is 25.5 Å². The van der Waals surface area contributed by atoms with E-state index in [1.807, 2.05) is 108 Å². The van der Waals surface area contributed by atoms with Crippen LogP contribution in [0, 0.1) is 23.2 Å². The van der Waals surface area contributed by atoms with Crippen molar-refractivity contribution in [3.63, 3.8) is 0 Å². The van der Waals surface area contributed by atoms with Gasteiger partial charge in [-0.15, -0.1) is 12.2 Å². The summed E-state index contributed by atoms with van der Waals surface area (Å²) in [5, 5.41) is 31.3. The lowest BCUT2D eigenvalue weighted by Crippen LogP contribution is -2.48. The highest BCUT2D eigenvalue weighted by Crippen LogP contribution is 2.67. The first-order valence-electron chi connectivity index (χ1n) is 16.3. The molecule has 3 N–H and O–H groups in total. The van der Waals surface area contributed by atoms with Gasteiger partial charge in [0.05, 0.1) is 28.8 Å². The number of ketones is 1. The fraction of sp³-hybridized carbons (Fsp3) is 0.512. The van der Waals surface area contributed by atoms with E-state index >= 15 is 0 Å². The van der Waals surface area contributed by atoms with Crippen LogP contribution in [-0.4, -0.2) is 50.1 Å². The van der Waals surface area contributed by atoms with Crippen LogP contribution < -0.4 is 0 Å². The number of rotatable bonds is 10. The molecule has 5 nitrogen and oxygen atoms in total. The molecule has 2 aliphatic carbocycles. The van der Waals surface area contributed by atoms with Crippen LogP contribution in [0.4, 0.5) is 0 Å². The van der Waals surface area contributed by atoms with Crippen molar-refractivity contribution in [1.82, 2.24) is 0 Å². The van der Waals surface area contributed by atoms with Gasteiger partial charge in [-0.2, -0.15) is 0 Å². The molecule has 0 bridgehead atoms. The Morgan fingerprint density at radius 3 is 1.93 bits per heavy atom. The zero-order valence-electron chi connectivity index (χ0n) is 29.3. The first kappa shape index (κ1) is 37.2. The minimum Gasteiger partial charge on any atom is -0.393 e. The van der Waals surface area contributed by atoms with Crippen LogP contribution in [-0.2, 0) is 9.53 Å². The molecular weight excluding hydrogens is 572 g/mol. The molecule has 0 aromatic carbocycles. The summed E-state index contributed by atoms with van der Waals surface area (Å²) in [6.07, 6.45) is 28.5. The molecule has 248 valence electrons. The molecular formula is C41H54O5. The number of hydrogen-bond donors (Lipinski definition) is 3. The van der Waals surface area contributed by atoms with Crippen LogP contribution in [0.15, 0.2) is 100 Å². The van der Waals surface area contributed by atoms with Gasteiger partial charge < -0.3 is 20.1 Å². The SMILES string of the molecule is C#C[C@]1(C)CC(O)C[C@@](C)(O)C1=C=C/C(C)=C/C=C/C(C)=C/C=C/C=C(C)/C=C/C=C(\C)C(=O)CC12OC1(C)CC(O)CC2(C)C. The number of terminal acetylenes is 1. The number of Topliss-reactive ketones (excluding diaryl/α,β-unsaturated/α-hetero) is 1. The molecule has 0 amide bonds. The third kappa shape index (κ3) is 8.56. The third-order valence-corrected chi connectivity index (χ3v) is 9.91. The van der Waals surface area contributed by atoms with Crippen LogP contribution in [0.1, 0.15) is 94.4 Å². The average Bonchev–Trinajstić information content (AvgIpc) is 3.54. The smallest absolute Gasteiger partial charge is 0.161 e. The van der Waals surface area contributed by atoms with Crippen LogP contribution >= 0.6 is 0 Å². The lowest BCUT2D eigenvalue weighted by molar-refractivity contribution is -0.118. The maximum Gasteiger partial charge on any atom is 0.161 e. The standard InChI is InChI=1S/C41H54O5/c1-11-38(8)25-34(43)26-39(9,45)36(38)23-22-31(4)19-14-18-29(2)16-12-13-17-30(3)20-15-21-32(5)35(44)28-41-37(6,7)24-33(42)27-40(41,10)46-41/h1,12-22,33-34,42-43,45H,24-28H2,2-10H3/b13-12+,18-14+,20-15+,29-16+,30-17+,31-19+,32-21+/t23?,33?,34?,38-,39-,40?,41?/m1/s1. The normalized spacial score (nSPS) is 35.3. The van der Waals surface area contributed by atoms with Gasteiger partial charge in [0.25, 0.3) is 0 Å². The van der Waals surface area contributed by atoms with Crippen LogP contribution in [0.5, 0.6) is 0 Å². The Bertz CT molecular complexity index is 1510. The Hall–Kier alpha value is -3.23. The average molecular weight is 627 g/mol. The van der Waals surface area contributed by atoms with Crippen LogP contribution in [0.25, 0.3) is 0 Å². The summed E-state index contributed by atoms with van der Waals surface area (Å²) in [7, 11) is 0. The molecule has 3 rings (SSSR count). The van der Waals surface area contributed by atoms with Crippen molar-refractivity contribution >= 4 is 5.78 Å². The van der Waals surface area contributed by atoms with Crippen molar-refractivity contribution in [2.24, 2.45) is 10.8 Å². The molecule has 1 saturated heterocycles. The first-order chi connectivity index (χ1) is 21.3. The molecule has 6 atom stereocenters. The molecule has 2 saturated carbocycles. The molecule has 3 fully saturated rings. The van der Waals surface area contributed by atoms with Crippen molar-refractivity contribution in [2.75, 3.05) is 0 Å². The maximum absolute atomic E-state index is 13.1. The highest BCUT2D eigenvalue weighted by atomic mass is 16.6.